The number of amides is 1. The van der Waals surface area contributed by atoms with E-state index in [0.717, 1.165) is 41.1 Å². The molecule has 1 aliphatic carbocycles. The number of nitrogens with zero attached hydrogens (tertiary/aromatic N) is 5. The number of aryl methyl sites for hydroxylation is 1. The molecule has 0 radical (unpaired) electrons. The van der Waals surface area contributed by atoms with Gasteiger partial charge in [0.15, 0.2) is 8.32 Å². The van der Waals surface area contributed by atoms with Gasteiger partial charge in [0.1, 0.15) is 11.7 Å². The number of ether oxygens (including phenoxy) is 1. The molecule has 9 nitrogen and oxygen atoms in total. The number of benzene rings is 2. The molecular weight excluding hydrogens is 617 g/mol. The number of carbonyl (C=O) groups is 1. The molecular formula is C38H48N6O3Si. The number of carbonyl (C=O) groups excluding carboxylic acids is 1. The predicted molar refractivity (Wildman–Crippen MR) is 192 cm³/mol. The van der Waals surface area contributed by atoms with Crippen LogP contribution in [-0.4, -0.2) is 43.1 Å². The van der Waals surface area contributed by atoms with E-state index in [1.165, 1.54) is 12.8 Å². The highest BCUT2D eigenvalue weighted by Gasteiger charge is 2.47. The smallest absolute Gasteiger partial charge is 0.414 e. The Bertz CT molecular complexity index is 1790. The van der Waals surface area contributed by atoms with Gasteiger partial charge in [0, 0.05) is 36.0 Å². The fourth-order valence-corrected chi connectivity index (χ4v) is 6.84. The zero-order chi connectivity index (χ0) is 35.1. The molecule has 1 fully saturated rings. The van der Waals surface area contributed by atoms with E-state index in [0.29, 0.717) is 41.6 Å². The minimum atomic E-state index is -2.14. The van der Waals surface area contributed by atoms with Gasteiger partial charge in [-0.05, 0) is 99.1 Å². The van der Waals surface area contributed by atoms with Crippen LogP contribution in [0.4, 0.5) is 22.1 Å². The Kier molecular flexibility index (Phi) is 9.49. The molecule has 2 aliphatic rings. The fraction of sp³-hybridized carbons (Fsp3) is 0.500. The van der Waals surface area contributed by atoms with Crippen LogP contribution in [0.25, 0.3) is 11.3 Å². The Balaban J connectivity index is 1.54. The molecule has 0 unspecified atom stereocenters. The lowest BCUT2D eigenvalue weighted by Gasteiger charge is -2.39. The third-order valence-electron chi connectivity index (χ3n) is 9.78. The quantitative estimate of drug-likeness (QED) is 0.225. The highest BCUT2D eigenvalue weighted by Crippen LogP contribution is 2.47. The summed E-state index contributed by atoms with van der Waals surface area (Å²) in [6.45, 7) is 19.4. The topological polar surface area (TPSA) is 124 Å². The number of aromatic nitrogens is 2. The van der Waals surface area contributed by atoms with E-state index in [4.69, 9.17) is 14.1 Å². The lowest BCUT2D eigenvalue weighted by molar-refractivity contribution is 0.0575. The van der Waals surface area contributed by atoms with Gasteiger partial charge in [0.25, 0.3) is 0 Å². The third-order valence-corrected chi connectivity index (χ3v) is 14.3. The first-order valence-corrected chi connectivity index (χ1v) is 19.7. The summed E-state index contributed by atoms with van der Waals surface area (Å²) in [5.74, 6) is 1.18. The second-order valence-electron chi connectivity index (χ2n) is 16.1. The van der Waals surface area contributed by atoms with Crippen LogP contribution < -0.4 is 10.2 Å². The van der Waals surface area contributed by atoms with Gasteiger partial charge in [-0.2, -0.15) is 10.5 Å². The first-order chi connectivity index (χ1) is 22.4. The van der Waals surface area contributed by atoms with E-state index in [1.54, 1.807) is 17.2 Å². The van der Waals surface area contributed by atoms with Crippen molar-refractivity contribution < 1.29 is 14.0 Å². The Morgan fingerprint density at radius 1 is 1.08 bits per heavy atom. The molecule has 48 heavy (non-hydrogen) atoms. The summed E-state index contributed by atoms with van der Waals surface area (Å²) in [7, 11) is -2.14. The van der Waals surface area contributed by atoms with Crippen molar-refractivity contribution in [3.05, 3.63) is 64.8 Å². The maximum atomic E-state index is 13.6. The van der Waals surface area contributed by atoms with Crippen molar-refractivity contribution in [2.75, 3.05) is 23.4 Å². The summed E-state index contributed by atoms with van der Waals surface area (Å²) in [4.78, 5) is 24.5. The van der Waals surface area contributed by atoms with E-state index in [-0.39, 0.29) is 5.04 Å². The number of fused-ring (bicyclic) bond motifs is 1. The van der Waals surface area contributed by atoms with Crippen LogP contribution in [0.3, 0.4) is 0 Å². The molecule has 1 N–H and O–H groups in total. The first-order valence-electron chi connectivity index (χ1n) is 16.8. The van der Waals surface area contributed by atoms with Crippen molar-refractivity contribution in [2.45, 2.75) is 103 Å². The minimum absolute atomic E-state index is 0.00416. The molecule has 1 saturated carbocycles. The van der Waals surface area contributed by atoms with Crippen LogP contribution in [0.1, 0.15) is 90.0 Å². The normalized spacial score (nSPS) is 17.8. The Morgan fingerprint density at radius 2 is 1.81 bits per heavy atom. The summed E-state index contributed by atoms with van der Waals surface area (Å²) in [5, 5.41) is 23.4. The first kappa shape index (κ1) is 35.1. The van der Waals surface area contributed by atoms with Crippen molar-refractivity contribution in [3.63, 3.8) is 0 Å². The second-order valence-corrected chi connectivity index (χ2v) is 20.9. The molecule has 1 aliphatic heterocycles. The number of nitriles is 2. The average Bonchev–Trinajstić information content (AvgIpc) is 3.80. The van der Waals surface area contributed by atoms with E-state index < -0.39 is 25.4 Å². The van der Waals surface area contributed by atoms with Crippen LogP contribution in [0.2, 0.25) is 18.1 Å². The van der Waals surface area contributed by atoms with Gasteiger partial charge in [-0.1, -0.05) is 46.6 Å². The van der Waals surface area contributed by atoms with Gasteiger partial charge in [-0.25, -0.2) is 14.8 Å². The standard InChI is InChI=1S/C38H48N6O3Si/c1-36(2,3)47-35(45)44-23-38(7,24-46-48(8,9)37(4,5)6)30-20-28(19-29(22-40)33(30)44)31-16-17-41-34(42-31)43-32-18-26(21-39)13-15-27(32)14-12-25-10-11-25/h13,15-20,25H,10-12,14,23-24H2,1-9H3,(H,41,42,43)/t38-/m1/s1. The van der Waals surface area contributed by atoms with E-state index >= 15 is 0 Å². The van der Waals surface area contributed by atoms with Gasteiger partial charge < -0.3 is 14.5 Å². The molecule has 1 amide bonds. The van der Waals surface area contributed by atoms with E-state index in [9.17, 15) is 15.3 Å². The van der Waals surface area contributed by atoms with Crippen LogP contribution in [-0.2, 0) is 21.0 Å². The third kappa shape index (κ3) is 7.72. The average molecular weight is 665 g/mol. The van der Waals surface area contributed by atoms with Crippen molar-refractivity contribution >= 4 is 31.7 Å². The van der Waals surface area contributed by atoms with Crippen molar-refractivity contribution in [3.8, 4) is 23.4 Å². The SMILES string of the molecule is CC(C)(C)OC(=O)N1C[C@](C)(CO[Si](C)(C)C(C)(C)C)c2cc(-c3ccnc(Nc4cc(C#N)ccc4CCC4CC4)n3)cc(C#N)c21. The zero-order valence-electron chi connectivity index (χ0n) is 29.8. The largest absolute Gasteiger partial charge is 0.443 e. The van der Waals surface area contributed by atoms with E-state index in [2.05, 4.69) is 63.2 Å². The molecule has 2 aromatic carbocycles. The number of rotatable bonds is 9. The summed E-state index contributed by atoms with van der Waals surface area (Å²) in [6.07, 6.45) is 5.80. The number of hydrogen-bond donors (Lipinski definition) is 1. The number of nitrogens with one attached hydrogen (secondary N) is 1. The van der Waals surface area contributed by atoms with Crippen LogP contribution in [0.5, 0.6) is 0 Å². The highest BCUT2D eigenvalue weighted by atomic mass is 28.4. The van der Waals surface area contributed by atoms with Crippen molar-refractivity contribution in [1.29, 1.82) is 10.5 Å². The molecule has 1 aromatic heterocycles. The van der Waals surface area contributed by atoms with Crippen LogP contribution >= 0.6 is 0 Å². The summed E-state index contributed by atoms with van der Waals surface area (Å²) >= 11 is 0. The maximum absolute atomic E-state index is 13.6. The van der Waals surface area contributed by atoms with Crippen LogP contribution in [0.15, 0.2) is 42.6 Å². The van der Waals surface area contributed by atoms with Gasteiger partial charge in [-0.15, -0.1) is 0 Å². The summed E-state index contributed by atoms with van der Waals surface area (Å²) < 4.78 is 12.6. The second kappa shape index (κ2) is 13.0. The van der Waals surface area contributed by atoms with Gasteiger partial charge in [0.2, 0.25) is 5.95 Å². The van der Waals surface area contributed by atoms with Gasteiger partial charge in [0.05, 0.1) is 28.6 Å². The molecule has 1 atom stereocenters. The Labute approximate surface area is 286 Å². The molecule has 0 saturated heterocycles. The monoisotopic (exact) mass is 664 g/mol. The zero-order valence-corrected chi connectivity index (χ0v) is 30.8. The van der Waals surface area contributed by atoms with Gasteiger partial charge in [-0.3, -0.25) is 4.90 Å². The summed E-state index contributed by atoms with van der Waals surface area (Å²) in [5.41, 5.74) is 4.33. The molecule has 2 heterocycles. The molecule has 252 valence electrons. The molecule has 0 spiro atoms. The molecule has 3 aromatic rings. The van der Waals surface area contributed by atoms with E-state index in [1.807, 2.05) is 51.1 Å². The molecule has 0 bridgehead atoms. The van der Waals surface area contributed by atoms with Crippen molar-refractivity contribution in [2.24, 2.45) is 5.92 Å². The van der Waals surface area contributed by atoms with Gasteiger partial charge >= 0.3 is 6.09 Å². The Morgan fingerprint density at radius 3 is 2.44 bits per heavy atom. The van der Waals surface area contributed by atoms with Crippen molar-refractivity contribution in [1.82, 2.24) is 9.97 Å². The molecule has 10 heteroatoms. The highest BCUT2D eigenvalue weighted by molar-refractivity contribution is 6.74. The Hall–Kier alpha value is -4.25. The van der Waals surface area contributed by atoms with Crippen LogP contribution in [0, 0.1) is 28.6 Å². The lowest BCUT2D eigenvalue weighted by Crippen LogP contribution is -2.46. The predicted octanol–water partition coefficient (Wildman–Crippen LogP) is 9.01. The number of hydrogen-bond acceptors (Lipinski definition) is 8. The summed E-state index contributed by atoms with van der Waals surface area (Å²) in [6, 6.07) is 15.9. The minimum Gasteiger partial charge on any atom is -0.443 e. The molecule has 5 rings (SSSR count). The lowest BCUT2D eigenvalue weighted by atomic mass is 9.83. The maximum Gasteiger partial charge on any atom is 0.414 e. The number of anilines is 3. The fourth-order valence-electron chi connectivity index (χ4n) is 5.73.